The first-order valence-electron chi connectivity index (χ1n) is 4.78. The standard InChI is InChI=1S/C11H11N3OS/c1-8-7-9(4-5-12-8)13-11(15)14-10-3-2-6-16-10/h2-7H,1H3,(H2,12,13,14,15). The van der Waals surface area contributed by atoms with E-state index in [1.165, 1.54) is 11.3 Å². The molecule has 82 valence electrons. The normalized spacial score (nSPS) is 9.81. The molecule has 16 heavy (non-hydrogen) atoms. The molecule has 0 fully saturated rings. The van der Waals surface area contributed by atoms with E-state index in [-0.39, 0.29) is 6.03 Å². The minimum absolute atomic E-state index is 0.243. The van der Waals surface area contributed by atoms with E-state index >= 15 is 0 Å². The van der Waals surface area contributed by atoms with Crippen LogP contribution in [0.2, 0.25) is 0 Å². The van der Waals surface area contributed by atoms with Gasteiger partial charge in [0.1, 0.15) is 0 Å². The molecule has 4 nitrogen and oxygen atoms in total. The van der Waals surface area contributed by atoms with Crippen molar-refractivity contribution >= 4 is 28.1 Å². The number of carbonyl (C=O) groups is 1. The van der Waals surface area contributed by atoms with Crippen LogP contribution in [0.5, 0.6) is 0 Å². The quantitative estimate of drug-likeness (QED) is 0.837. The summed E-state index contributed by atoms with van der Waals surface area (Å²) in [5.41, 5.74) is 1.61. The summed E-state index contributed by atoms with van der Waals surface area (Å²) in [6.07, 6.45) is 1.66. The molecule has 0 aliphatic rings. The Balaban J connectivity index is 1.97. The molecule has 0 unspecified atom stereocenters. The summed E-state index contributed by atoms with van der Waals surface area (Å²) in [5, 5.41) is 8.21. The van der Waals surface area contributed by atoms with Crippen molar-refractivity contribution in [3.8, 4) is 0 Å². The van der Waals surface area contributed by atoms with Crippen molar-refractivity contribution in [2.24, 2.45) is 0 Å². The summed E-state index contributed by atoms with van der Waals surface area (Å²) in [5.74, 6) is 0. The highest BCUT2D eigenvalue weighted by atomic mass is 32.1. The van der Waals surface area contributed by atoms with Crippen LogP contribution in [-0.2, 0) is 0 Å². The van der Waals surface area contributed by atoms with Crippen LogP contribution >= 0.6 is 11.3 Å². The number of amides is 2. The Bertz CT molecular complexity index is 482. The fraction of sp³-hybridized carbons (Fsp3) is 0.0909. The zero-order chi connectivity index (χ0) is 11.4. The highest BCUT2D eigenvalue weighted by Crippen LogP contribution is 2.15. The second kappa shape index (κ2) is 4.76. The van der Waals surface area contributed by atoms with E-state index in [2.05, 4.69) is 15.6 Å². The van der Waals surface area contributed by atoms with Gasteiger partial charge in [0.25, 0.3) is 0 Å². The van der Waals surface area contributed by atoms with Crippen LogP contribution in [-0.4, -0.2) is 11.0 Å². The van der Waals surface area contributed by atoms with Gasteiger partial charge in [0, 0.05) is 17.6 Å². The lowest BCUT2D eigenvalue weighted by atomic mass is 10.3. The molecular formula is C11H11N3OS. The zero-order valence-corrected chi connectivity index (χ0v) is 9.54. The number of nitrogens with one attached hydrogen (secondary N) is 2. The number of hydrogen-bond donors (Lipinski definition) is 2. The van der Waals surface area contributed by atoms with Crippen molar-refractivity contribution in [3.05, 3.63) is 41.5 Å². The van der Waals surface area contributed by atoms with Crippen LogP contribution in [0.3, 0.4) is 0 Å². The topological polar surface area (TPSA) is 54.0 Å². The van der Waals surface area contributed by atoms with E-state index in [0.717, 1.165) is 16.4 Å². The van der Waals surface area contributed by atoms with Crippen LogP contribution in [0.4, 0.5) is 15.5 Å². The first kappa shape index (κ1) is 10.6. The number of thiophene rings is 1. The molecule has 0 saturated carbocycles. The summed E-state index contributed by atoms with van der Waals surface area (Å²) in [6.45, 7) is 1.88. The maximum Gasteiger partial charge on any atom is 0.324 e. The Morgan fingerprint density at radius 3 is 2.94 bits per heavy atom. The monoisotopic (exact) mass is 233 g/mol. The van der Waals surface area contributed by atoms with Crippen molar-refractivity contribution in [2.45, 2.75) is 6.92 Å². The lowest BCUT2D eigenvalue weighted by Crippen LogP contribution is -2.18. The number of carbonyl (C=O) groups excluding carboxylic acids is 1. The summed E-state index contributed by atoms with van der Waals surface area (Å²) < 4.78 is 0. The minimum atomic E-state index is -0.243. The molecule has 0 radical (unpaired) electrons. The van der Waals surface area contributed by atoms with Crippen LogP contribution in [0.1, 0.15) is 5.69 Å². The Morgan fingerprint density at radius 2 is 2.25 bits per heavy atom. The predicted octanol–water partition coefficient (Wildman–Crippen LogP) is 3.10. The molecule has 5 heteroatoms. The largest absolute Gasteiger partial charge is 0.324 e. The molecule has 2 aromatic rings. The van der Waals surface area contributed by atoms with E-state index in [0.29, 0.717) is 0 Å². The van der Waals surface area contributed by atoms with Gasteiger partial charge in [0.15, 0.2) is 0 Å². The minimum Gasteiger partial charge on any atom is -0.308 e. The number of rotatable bonds is 2. The van der Waals surface area contributed by atoms with Gasteiger partial charge in [0.05, 0.1) is 5.00 Å². The molecule has 0 saturated heterocycles. The van der Waals surface area contributed by atoms with Gasteiger partial charge in [0.2, 0.25) is 0 Å². The van der Waals surface area contributed by atoms with Crippen LogP contribution in [0.25, 0.3) is 0 Å². The number of pyridine rings is 1. The number of nitrogens with zero attached hydrogens (tertiary/aromatic N) is 1. The number of aromatic nitrogens is 1. The number of anilines is 2. The molecule has 2 rings (SSSR count). The Hall–Kier alpha value is -1.88. The van der Waals surface area contributed by atoms with Gasteiger partial charge in [-0.25, -0.2) is 4.79 Å². The average Bonchev–Trinajstić information content (AvgIpc) is 2.70. The predicted molar refractivity (Wildman–Crippen MR) is 65.9 cm³/mol. The molecule has 2 amide bonds. The summed E-state index contributed by atoms with van der Waals surface area (Å²) in [4.78, 5) is 15.6. The van der Waals surface area contributed by atoms with E-state index in [1.54, 1.807) is 12.3 Å². The molecule has 2 heterocycles. The first-order chi connectivity index (χ1) is 7.74. The van der Waals surface area contributed by atoms with Gasteiger partial charge in [-0.15, -0.1) is 11.3 Å². The van der Waals surface area contributed by atoms with Crippen molar-refractivity contribution in [2.75, 3.05) is 10.6 Å². The van der Waals surface area contributed by atoms with Crippen molar-refractivity contribution < 1.29 is 4.79 Å². The lowest BCUT2D eigenvalue weighted by Gasteiger charge is -2.05. The maximum atomic E-state index is 11.6. The van der Waals surface area contributed by atoms with Gasteiger partial charge >= 0.3 is 6.03 Å². The Morgan fingerprint density at radius 1 is 1.38 bits per heavy atom. The Labute approximate surface area is 97.3 Å². The molecule has 0 spiro atoms. The van der Waals surface area contributed by atoms with Crippen LogP contribution < -0.4 is 10.6 Å². The zero-order valence-electron chi connectivity index (χ0n) is 8.73. The third-order valence-electron chi connectivity index (χ3n) is 1.91. The lowest BCUT2D eigenvalue weighted by molar-refractivity contribution is 0.262. The number of urea groups is 1. The van der Waals surface area contributed by atoms with Gasteiger partial charge in [-0.3, -0.25) is 10.3 Å². The van der Waals surface area contributed by atoms with E-state index < -0.39 is 0 Å². The van der Waals surface area contributed by atoms with E-state index in [1.807, 2.05) is 30.5 Å². The molecule has 2 aromatic heterocycles. The molecule has 0 aromatic carbocycles. The fourth-order valence-electron chi connectivity index (χ4n) is 1.25. The van der Waals surface area contributed by atoms with E-state index in [4.69, 9.17) is 0 Å². The summed E-state index contributed by atoms with van der Waals surface area (Å²) >= 11 is 1.48. The Kier molecular flexibility index (Phi) is 3.16. The van der Waals surface area contributed by atoms with Crippen molar-refractivity contribution in [3.63, 3.8) is 0 Å². The number of hydrogen-bond acceptors (Lipinski definition) is 3. The smallest absolute Gasteiger partial charge is 0.308 e. The number of aryl methyl sites for hydroxylation is 1. The third kappa shape index (κ3) is 2.80. The van der Waals surface area contributed by atoms with Gasteiger partial charge < -0.3 is 5.32 Å². The molecule has 0 atom stereocenters. The van der Waals surface area contributed by atoms with Crippen molar-refractivity contribution in [1.29, 1.82) is 0 Å². The highest BCUT2D eigenvalue weighted by Gasteiger charge is 2.02. The molecular weight excluding hydrogens is 222 g/mol. The molecule has 0 bridgehead atoms. The average molecular weight is 233 g/mol. The molecule has 0 aliphatic heterocycles. The molecule has 2 N–H and O–H groups in total. The second-order valence-electron chi connectivity index (χ2n) is 3.24. The summed E-state index contributed by atoms with van der Waals surface area (Å²) in [6, 6.07) is 7.06. The van der Waals surface area contributed by atoms with Crippen molar-refractivity contribution in [1.82, 2.24) is 4.98 Å². The van der Waals surface area contributed by atoms with Crippen LogP contribution in [0.15, 0.2) is 35.8 Å². The molecule has 0 aliphatic carbocycles. The maximum absolute atomic E-state index is 11.6. The fourth-order valence-corrected chi connectivity index (χ4v) is 1.86. The second-order valence-corrected chi connectivity index (χ2v) is 4.19. The van der Waals surface area contributed by atoms with Gasteiger partial charge in [-0.2, -0.15) is 0 Å². The summed E-state index contributed by atoms with van der Waals surface area (Å²) in [7, 11) is 0. The van der Waals surface area contributed by atoms with Gasteiger partial charge in [-0.1, -0.05) is 0 Å². The third-order valence-corrected chi connectivity index (χ3v) is 2.70. The van der Waals surface area contributed by atoms with Crippen LogP contribution in [0, 0.1) is 6.92 Å². The van der Waals surface area contributed by atoms with Gasteiger partial charge in [-0.05, 0) is 36.6 Å². The first-order valence-corrected chi connectivity index (χ1v) is 5.66. The highest BCUT2D eigenvalue weighted by molar-refractivity contribution is 7.14. The van der Waals surface area contributed by atoms with E-state index in [9.17, 15) is 4.79 Å². The SMILES string of the molecule is Cc1cc(NC(=O)Nc2cccs2)ccn1.